The van der Waals surface area contributed by atoms with Crippen molar-refractivity contribution in [2.75, 3.05) is 0 Å². The predicted molar refractivity (Wildman–Crippen MR) is 61.6 cm³/mol. The van der Waals surface area contributed by atoms with Crippen molar-refractivity contribution in [1.29, 1.82) is 0 Å². The van der Waals surface area contributed by atoms with Gasteiger partial charge in [-0.2, -0.15) is 0 Å². The van der Waals surface area contributed by atoms with Gasteiger partial charge < -0.3 is 15.5 Å². The number of hydrogen-bond donors (Lipinski definition) is 4. The summed E-state index contributed by atoms with van der Waals surface area (Å²) < 4.78 is 0. The molecule has 0 spiro atoms. The van der Waals surface area contributed by atoms with Gasteiger partial charge in [0.15, 0.2) is 5.11 Å². The SMILES string of the molecule is O=C1NC(=S)N/C1=C/c1ccc(O)cc1O. The Morgan fingerprint density at radius 1 is 1.25 bits per heavy atom. The molecule has 1 aromatic rings. The van der Waals surface area contributed by atoms with E-state index in [-0.39, 0.29) is 28.2 Å². The number of carbonyl (C=O) groups excluding carboxylic acids is 1. The molecule has 0 bridgehead atoms. The topological polar surface area (TPSA) is 81.6 Å². The molecule has 1 aliphatic heterocycles. The zero-order valence-corrected chi connectivity index (χ0v) is 8.84. The van der Waals surface area contributed by atoms with Crippen molar-refractivity contribution in [3.8, 4) is 11.5 Å². The smallest absolute Gasteiger partial charge is 0.273 e. The number of phenols is 2. The van der Waals surface area contributed by atoms with Gasteiger partial charge in [0.1, 0.15) is 17.2 Å². The third kappa shape index (κ3) is 1.96. The zero-order chi connectivity index (χ0) is 11.7. The van der Waals surface area contributed by atoms with Crippen LogP contribution in [-0.2, 0) is 4.79 Å². The highest BCUT2D eigenvalue weighted by Crippen LogP contribution is 2.24. The standard InChI is InChI=1S/C10H8N2O3S/c13-6-2-1-5(8(14)4-6)3-7-9(15)12-10(16)11-7/h1-4,13-14H,(H2,11,12,15,16)/b7-3+. The van der Waals surface area contributed by atoms with E-state index in [4.69, 9.17) is 17.3 Å². The van der Waals surface area contributed by atoms with Crippen LogP contribution >= 0.6 is 12.2 Å². The molecule has 1 saturated heterocycles. The molecule has 4 N–H and O–H groups in total. The van der Waals surface area contributed by atoms with E-state index in [0.29, 0.717) is 5.56 Å². The minimum atomic E-state index is -0.350. The molecular weight excluding hydrogens is 228 g/mol. The molecule has 0 radical (unpaired) electrons. The molecule has 5 nitrogen and oxygen atoms in total. The fraction of sp³-hybridized carbons (Fsp3) is 0. The van der Waals surface area contributed by atoms with Crippen molar-refractivity contribution in [2.24, 2.45) is 0 Å². The Balaban J connectivity index is 2.36. The summed E-state index contributed by atoms with van der Waals surface area (Å²) >= 11 is 4.76. The fourth-order valence-corrected chi connectivity index (χ4v) is 1.49. The molecule has 1 aromatic carbocycles. The molecule has 2 rings (SSSR count). The van der Waals surface area contributed by atoms with Crippen LogP contribution in [0.3, 0.4) is 0 Å². The van der Waals surface area contributed by atoms with Crippen LogP contribution in [0.5, 0.6) is 11.5 Å². The van der Waals surface area contributed by atoms with E-state index in [0.717, 1.165) is 0 Å². The van der Waals surface area contributed by atoms with Crippen molar-refractivity contribution in [3.63, 3.8) is 0 Å². The number of rotatable bonds is 1. The third-order valence-corrected chi connectivity index (χ3v) is 2.24. The maximum absolute atomic E-state index is 11.3. The summed E-state index contributed by atoms with van der Waals surface area (Å²) in [6.07, 6.45) is 1.45. The van der Waals surface area contributed by atoms with E-state index >= 15 is 0 Å². The summed E-state index contributed by atoms with van der Waals surface area (Å²) in [4.78, 5) is 11.3. The summed E-state index contributed by atoms with van der Waals surface area (Å²) in [7, 11) is 0. The van der Waals surface area contributed by atoms with Crippen LogP contribution in [0.2, 0.25) is 0 Å². The number of benzene rings is 1. The molecular formula is C10H8N2O3S. The molecule has 16 heavy (non-hydrogen) atoms. The van der Waals surface area contributed by atoms with Crippen LogP contribution < -0.4 is 10.6 Å². The van der Waals surface area contributed by atoms with Crippen LogP contribution in [0.25, 0.3) is 6.08 Å². The van der Waals surface area contributed by atoms with Crippen molar-refractivity contribution in [3.05, 3.63) is 29.5 Å². The number of hydrogen-bond acceptors (Lipinski definition) is 4. The fourth-order valence-electron chi connectivity index (χ4n) is 1.29. The van der Waals surface area contributed by atoms with Gasteiger partial charge in [-0.15, -0.1) is 0 Å². The highest BCUT2D eigenvalue weighted by molar-refractivity contribution is 7.80. The zero-order valence-electron chi connectivity index (χ0n) is 8.02. The van der Waals surface area contributed by atoms with Crippen molar-refractivity contribution in [1.82, 2.24) is 10.6 Å². The highest BCUT2D eigenvalue weighted by Gasteiger charge is 2.20. The van der Waals surface area contributed by atoms with Crippen LogP contribution in [0.15, 0.2) is 23.9 Å². The molecule has 1 heterocycles. The minimum Gasteiger partial charge on any atom is -0.508 e. The summed E-state index contributed by atoms with van der Waals surface area (Å²) in [5.74, 6) is -0.503. The lowest BCUT2D eigenvalue weighted by Crippen LogP contribution is -2.21. The summed E-state index contributed by atoms with van der Waals surface area (Å²) in [6, 6.07) is 4.10. The first-order valence-electron chi connectivity index (χ1n) is 4.42. The molecule has 1 fully saturated rings. The number of phenolic OH excluding ortho intramolecular Hbond substituents is 2. The van der Waals surface area contributed by atoms with Crippen LogP contribution in [0.1, 0.15) is 5.56 Å². The monoisotopic (exact) mass is 236 g/mol. The van der Waals surface area contributed by atoms with Gasteiger partial charge >= 0.3 is 0 Å². The van der Waals surface area contributed by atoms with Crippen LogP contribution in [-0.4, -0.2) is 21.2 Å². The van der Waals surface area contributed by atoms with Crippen molar-refractivity contribution < 1.29 is 15.0 Å². The predicted octanol–water partition coefficient (Wildman–Crippen LogP) is 0.443. The van der Waals surface area contributed by atoms with E-state index in [9.17, 15) is 9.90 Å². The van der Waals surface area contributed by atoms with E-state index in [1.165, 1.54) is 24.3 Å². The largest absolute Gasteiger partial charge is 0.508 e. The van der Waals surface area contributed by atoms with Gasteiger partial charge in [-0.1, -0.05) is 0 Å². The first-order valence-corrected chi connectivity index (χ1v) is 4.83. The Morgan fingerprint density at radius 2 is 2.00 bits per heavy atom. The Kier molecular flexibility index (Phi) is 2.49. The number of aromatic hydroxyl groups is 2. The summed E-state index contributed by atoms with van der Waals surface area (Å²) in [5, 5.41) is 23.9. The van der Waals surface area contributed by atoms with Crippen molar-refractivity contribution >= 4 is 29.3 Å². The lowest BCUT2D eigenvalue weighted by Gasteiger charge is -2.00. The first kappa shape index (κ1) is 10.4. The quantitative estimate of drug-likeness (QED) is 0.420. The highest BCUT2D eigenvalue weighted by atomic mass is 32.1. The Labute approximate surface area is 96.4 Å². The molecule has 0 saturated carbocycles. The van der Waals surface area contributed by atoms with Gasteiger partial charge in [0.25, 0.3) is 5.91 Å². The molecule has 0 atom stereocenters. The van der Waals surface area contributed by atoms with Gasteiger partial charge in [0.05, 0.1) is 0 Å². The molecule has 82 valence electrons. The van der Waals surface area contributed by atoms with E-state index in [1.807, 2.05) is 0 Å². The number of thiocarbonyl (C=S) groups is 1. The molecule has 0 unspecified atom stereocenters. The molecule has 0 aromatic heterocycles. The average molecular weight is 236 g/mol. The number of carbonyl (C=O) groups is 1. The number of nitrogens with one attached hydrogen (secondary N) is 2. The van der Waals surface area contributed by atoms with Crippen LogP contribution in [0.4, 0.5) is 0 Å². The Bertz CT molecular complexity index is 511. The minimum absolute atomic E-state index is 0.0426. The van der Waals surface area contributed by atoms with Gasteiger partial charge in [0.2, 0.25) is 0 Å². The average Bonchev–Trinajstić information content (AvgIpc) is 2.50. The second kappa shape index (κ2) is 3.82. The lowest BCUT2D eigenvalue weighted by molar-refractivity contribution is -0.115. The maximum atomic E-state index is 11.3. The van der Waals surface area contributed by atoms with Gasteiger partial charge in [-0.05, 0) is 30.4 Å². The van der Waals surface area contributed by atoms with Gasteiger partial charge in [-0.3, -0.25) is 10.1 Å². The van der Waals surface area contributed by atoms with Gasteiger partial charge in [0, 0.05) is 11.6 Å². The first-order chi connectivity index (χ1) is 7.56. The molecule has 0 aliphatic carbocycles. The van der Waals surface area contributed by atoms with E-state index < -0.39 is 0 Å². The summed E-state index contributed by atoms with van der Waals surface area (Å²) in [5.41, 5.74) is 0.672. The second-order valence-electron chi connectivity index (χ2n) is 3.21. The third-order valence-electron chi connectivity index (χ3n) is 2.03. The van der Waals surface area contributed by atoms with Gasteiger partial charge in [-0.25, -0.2) is 0 Å². The Hall–Kier alpha value is -2.08. The number of amides is 1. The Morgan fingerprint density at radius 3 is 2.56 bits per heavy atom. The van der Waals surface area contributed by atoms with E-state index in [2.05, 4.69) is 10.6 Å². The lowest BCUT2D eigenvalue weighted by atomic mass is 10.1. The second-order valence-corrected chi connectivity index (χ2v) is 3.62. The van der Waals surface area contributed by atoms with Crippen molar-refractivity contribution in [2.45, 2.75) is 0 Å². The molecule has 6 heteroatoms. The van der Waals surface area contributed by atoms with Crippen LogP contribution in [0, 0.1) is 0 Å². The maximum Gasteiger partial charge on any atom is 0.273 e. The molecule has 1 amide bonds. The summed E-state index contributed by atoms with van der Waals surface area (Å²) in [6.45, 7) is 0. The van der Waals surface area contributed by atoms with E-state index in [1.54, 1.807) is 0 Å². The molecule has 1 aliphatic rings. The normalized spacial score (nSPS) is 17.4.